The third kappa shape index (κ3) is 4.81. The number of amides is 2. The molecule has 1 aromatic carbocycles. The third-order valence-corrected chi connectivity index (χ3v) is 5.05. The maximum Gasteiger partial charge on any atom is 0.246 e. The molecule has 150 valence electrons. The first-order valence-corrected chi connectivity index (χ1v) is 10.1. The summed E-state index contributed by atoms with van der Waals surface area (Å²) in [5, 5.41) is 3.93. The highest BCUT2D eigenvalue weighted by Crippen LogP contribution is 2.27. The van der Waals surface area contributed by atoms with Crippen LogP contribution in [0.4, 0.5) is 0 Å². The molecule has 28 heavy (non-hydrogen) atoms. The molecular formula is C22H29N3O3. The van der Waals surface area contributed by atoms with E-state index >= 15 is 0 Å². The van der Waals surface area contributed by atoms with E-state index in [1.807, 2.05) is 49.1 Å². The lowest BCUT2D eigenvalue weighted by Gasteiger charge is -2.33. The molecule has 0 atom stereocenters. The number of furan rings is 1. The Labute approximate surface area is 166 Å². The van der Waals surface area contributed by atoms with E-state index in [0.717, 1.165) is 35.1 Å². The number of aryl methyl sites for hydroxylation is 1. The van der Waals surface area contributed by atoms with Gasteiger partial charge in [0.2, 0.25) is 11.8 Å². The van der Waals surface area contributed by atoms with Gasteiger partial charge in [0, 0.05) is 56.2 Å². The van der Waals surface area contributed by atoms with Crippen LogP contribution in [-0.4, -0.2) is 60.9 Å². The molecule has 0 saturated carbocycles. The molecule has 2 aromatic rings. The highest BCUT2D eigenvalue weighted by molar-refractivity contribution is 5.96. The van der Waals surface area contributed by atoms with E-state index in [1.54, 1.807) is 6.08 Å². The van der Waals surface area contributed by atoms with Gasteiger partial charge in [-0.3, -0.25) is 14.5 Å². The molecule has 3 rings (SSSR count). The average molecular weight is 383 g/mol. The second kappa shape index (κ2) is 9.55. The minimum Gasteiger partial charge on any atom is -0.460 e. The van der Waals surface area contributed by atoms with Crippen LogP contribution in [-0.2, 0) is 16.0 Å². The first kappa shape index (κ1) is 20.1. The number of carbonyl (C=O) groups excluding carboxylic acids is 2. The standard InChI is InChI=1S/C22H29N3O3/c1-3-11-23-21(26)16-24-12-14-25(15-13-24)22(27)10-9-18-17-7-5-6-8-20(17)28-19(18)4-2/h5-10H,3-4,11-16H2,1-2H3,(H,23,26)/b10-9+. The first-order chi connectivity index (χ1) is 13.6. The molecule has 0 spiro atoms. The monoisotopic (exact) mass is 383 g/mol. The lowest BCUT2D eigenvalue weighted by Crippen LogP contribution is -2.50. The summed E-state index contributed by atoms with van der Waals surface area (Å²) in [5.41, 5.74) is 1.83. The zero-order valence-corrected chi connectivity index (χ0v) is 16.7. The van der Waals surface area contributed by atoms with E-state index in [9.17, 15) is 9.59 Å². The summed E-state index contributed by atoms with van der Waals surface area (Å²) in [4.78, 5) is 28.4. The van der Waals surface area contributed by atoms with Crippen LogP contribution in [0, 0.1) is 0 Å². The van der Waals surface area contributed by atoms with Gasteiger partial charge in [0.25, 0.3) is 0 Å². The molecule has 1 saturated heterocycles. The lowest BCUT2D eigenvalue weighted by molar-refractivity contribution is -0.128. The zero-order chi connectivity index (χ0) is 19.9. The second-order valence-electron chi connectivity index (χ2n) is 7.07. The molecule has 0 radical (unpaired) electrons. The van der Waals surface area contributed by atoms with E-state index in [2.05, 4.69) is 10.2 Å². The predicted octanol–water partition coefficient (Wildman–Crippen LogP) is 2.68. The number of benzene rings is 1. The van der Waals surface area contributed by atoms with Crippen LogP contribution < -0.4 is 5.32 Å². The van der Waals surface area contributed by atoms with Gasteiger partial charge in [-0.15, -0.1) is 0 Å². The molecule has 2 heterocycles. The summed E-state index contributed by atoms with van der Waals surface area (Å²) in [7, 11) is 0. The number of hydrogen-bond donors (Lipinski definition) is 1. The Balaban J connectivity index is 1.57. The fourth-order valence-electron chi connectivity index (χ4n) is 3.47. The Morgan fingerprint density at radius 3 is 2.61 bits per heavy atom. The minimum atomic E-state index is 0.00224. The Hall–Kier alpha value is -2.60. The smallest absolute Gasteiger partial charge is 0.246 e. The number of rotatable bonds is 7. The Bertz CT molecular complexity index is 848. The van der Waals surface area contributed by atoms with E-state index in [4.69, 9.17) is 4.42 Å². The van der Waals surface area contributed by atoms with Crippen molar-refractivity contribution in [2.75, 3.05) is 39.3 Å². The zero-order valence-electron chi connectivity index (χ0n) is 16.7. The summed E-state index contributed by atoms with van der Waals surface area (Å²) in [5.74, 6) is 0.955. The van der Waals surface area contributed by atoms with Gasteiger partial charge >= 0.3 is 0 Å². The van der Waals surface area contributed by atoms with Gasteiger partial charge in [0.05, 0.1) is 6.54 Å². The van der Waals surface area contributed by atoms with Crippen molar-refractivity contribution in [1.29, 1.82) is 0 Å². The van der Waals surface area contributed by atoms with Crippen molar-refractivity contribution in [3.63, 3.8) is 0 Å². The van der Waals surface area contributed by atoms with Gasteiger partial charge in [-0.1, -0.05) is 32.0 Å². The SMILES string of the molecule is CCCNC(=O)CN1CCN(C(=O)/C=C/c2c(CC)oc3ccccc23)CC1. The summed E-state index contributed by atoms with van der Waals surface area (Å²) in [6.07, 6.45) is 5.23. The van der Waals surface area contributed by atoms with Crippen LogP contribution in [0.3, 0.4) is 0 Å². The number of hydrogen-bond acceptors (Lipinski definition) is 4. The van der Waals surface area contributed by atoms with Crippen LogP contribution in [0.5, 0.6) is 0 Å². The van der Waals surface area contributed by atoms with Crippen molar-refractivity contribution in [3.05, 3.63) is 41.7 Å². The van der Waals surface area contributed by atoms with Crippen LogP contribution in [0.15, 0.2) is 34.8 Å². The van der Waals surface area contributed by atoms with Crippen molar-refractivity contribution in [3.8, 4) is 0 Å². The van der Waals surface area contributed by atoms with Crippen LogP contribution in [0.1, 0.15) is 31.6 Å². The molecule has 2 amide bonds. The van der Waals surface area contributed by atoms with Gasteiger partial charge in [-0.05, 0) is 18.6 Å². The number of nitrogens with one attached hydrogen (secondary N) is 1. The topological polar surface area (TPSA) is 65.8 Å². The summed E-state index contributed by atoms with van der Waals surface area (Å²) < 4.78 is 5.88. The van der Waals surface area contributed by atoms with Crippen molar-refractivity contribution in [1.82, 2.24) is 15.1 Å². The maximum atomic E-state index is 12.6. The molecule has 1 fully saturated rings. The number of fused-ring (bicyclic) bond motifs is 1. The second-order valence-corrected chi connectivity index (χ2v) is 7.07. The number of carbonyl (C=O) groups is 2. The molecular weight excluding hydrogens is 354 g/mol. The minimum absolute atomic E-state index is 0.00224. The van der Waals surface area contributed by atoms with Crippen molar-refractivity contribution < 1.29 is 14.0 Å². The summed E-state index contributed by atoms with van der Waals surface area (Å²) in [6, 6.07) is 7.90. The van der Waals surface area contributed by atoms with Crippen LogP contribution >= 0.6 is 0 Å². The molecule has 0 unspecified atom stereocenters. The largest absolute Gasteiger partial charge is 0.460 e. The number of piperazine rings is 1. The quantitative estimate of drug-likeness (QED) is 0.747. The molecule has 6 heteroatoms. The van der Waals surface area contributed by atoms with Gasteiger partial charge in [0.15, 0.2) is 0 Å². The van der Waals surface area contributed by atoms with E-state index in [0.29, 0.717) is 39.3 Å². The fraction of sp³-hybridized carbons (Fsp3) is 0.455. The van der Waals surface area contributed by atoms with Gasteiger partial charge in [-0.2, -0.15) is 0 Å². The maximum absolute atomic E-state index is 12.6. The highest BCUT2D eigenvalue weighted by atomic mass is 16.3. The Morgan fingerprint density at radius 2 is 1.89 bits per heavy atom. The molecule has 6 nitrogen and oxygen atoms in total. The van der Waals surface area contributed by atoms with Crippen molar-refractivity contribution >= 4 is 28.9 Å². The molecule has 1 aromatic heterocycles. The summed E-state index contributed by atoms with van der Waals surface area (Å²) in [6.45, 7) is 7.90. The van der Waals surface area contributed by atoms with Crippen LogP contribution in [0.2, 0.25) is 0 Å². The van der Waals surface area contributed by atoms with E-state index in [1.165, 1.54) is 0 Å². The normalized spacial score (nSPS) is 15.4. The fourth-order valence-corrected chi connectivity index (χ4v) is 3.47. The molecule has 1 aliphatic heterocycles. The average Bonchev–Trinajstić information content (AvgIpc) is 3.08. The van der Waals surface area contributed by atoms with Gasteiger partial charge in [-0.25, -0.2) is 0 Å². The highest BCUT2D eigenvalue weighted by Gasteiger charge is 2.21. The third-order valence-electron chi connectivity index (χ3n) is 5.05. The lowest BCUT2D eigenvalue weighted by atomic mass is 10.1. The van der Waals surface area contributed by atoms with Crippen molar-refractivity contribution in [2.45, 2.75) is 26.7 Å². The van der Waals surface area contributed by atoms with E-state index in [-0.39, 0.29) is 11.8 Å². The van der Waals surface area contributed by atoms with E-state index < -0.39 is 0 Å². The molecule has 1 aliphatic rings. The van der Waals surface area contributed by atoms with Crippen LogP contribution in [0.25, 0.3) is 17.0 Å². The molecule has 0 aliphatic carbocycles. The Kier molecular flexibility index (Phi) is 6.87. The summed E-state index contributed by atoms with van der Waals surface area (Å²) >= 11 is 0. The first-order valence-electron chi connectivity index (χ1n) is 10.1. The molecule has 0 bridgehead atoms. The van der Waals surface area contributed by atoms with Gasteiger partial charge < -0.3 is 14.6 Å². The van der Waals surface area contributed by atoms with Gasteiger partial charge in [0.1, 0.15) is 11.3 Å². The van der Waals surface area contributed by atoms with Crippen molar-refractivity contribution in [2.24, 2.45) is 0 Å². The predicted molar refractivity (Wildman–Crippen MR) is 111 cm³/mol. The number of nitrogens with zero attached hydrogens (tertiary/aromatic N) is 2. The molecule has 1 N–H and O–H groups in total. The number of para-hydroxylation sites is 1. The Morgan fingerprint density at radius 1 is 1.14 bits per heavy atom.